The van der Waals surface area contributed by atoms with Gasteiger partial charge in [0.05, 0.1) is 30.5 Å². The minimum absolute atomic E-state index is 0.845. The molecule has 1 N–H and O–H groups in total. The highest BCUT2D eigenvalue weighted by molar-refractivity contribution is 5.77. The summed E-state index contributed by atoms with van der Waals surface area (Å²) in [6.45, 7) is 8.61. The van der Waals surface area contributed by atoms with Gasteiger partial charge in [-0.2, -0.15) is 0 Å². The zero-order chi connectivity index (χ0) is 19.5. The van der Waals surface area contributed by atoms with Gasteiger partial charge in [-0.25, -0.2) is 4.98 Å². The van der Waals surface area contributed by atoms with Gasteiger partial charge in [-0.05, 0) is 37.7 Å². The van der Waals surface area contributed by atoms with Gasteiger partial charge < -0.3 is 19.2 Å². The van der Waals surface area contributed by atoms with E-state index in [1.165, 1.54) is 5.56 Å². The van der Waals surface area contributed by atoms with Crippen molar-refractivity contribution >= 4 is 0 Å². The van der Waals surface area contributed by atoms with E-state index >= 15 is 0 Å². The SMILES string of the molecule is COc1cccc(-c2ncn(CCN3CCN(C)CC3)c2-c2cc(C)c[nH]2)c1. The molecule has 0 amide bonds. The van der Waals surface area contributed by atoms with Crippen molar-refractivity contribution in [3.63, 3.8) is 0 Å². The maximum atomic E-state index is 5.42. The Morgan fingerprint density at radius 2 is 1.93 bits per heavy atom. The van der Waals surface area contributed by atoms with Crippen LogP contribution in [-0.2, 0) is 6.54 Å². The maximum absolute atomic E-state index is 5.42. The Balaban J connectivity index is 1.64. The molecular formula is C22H29N5O. The average molecular weight is 380 g/mol. The molecule has 0 aliphatic carbocycles. The lowest BCUT2D eigenvalue weighted by atomic mass is 10.1. The highest BCUT2D eigenvalue weighted by Crippen LogP contribution is 2.32. The summed E-state index contributed by atoms with van der Waals surface area (Å²) in [5, 5.41) is 0. The molecule has 28 heavy (non-hydrogen) atoms. The fraction of sp³-hybridized carbons (Fsp3) is 0.409. The Bertz CT molecular complexity index is 921. The highest BCUT2D eigenvalue weighted by Gasteiger charge is 2.18. The molecule has 1 aliphatic rings. The minimum Gasteiger partial charge on any atom is -0.497 e. The summed E-state index contributed by atoms with van der Waals surface area (Å²) in [7, 11) is 3.89. The van der Waals surface area contributed by atoms with Crippen LogP contribution in [0, 0.1) is 6.92 Å². The minimum atomic E-state index is 0.845. The summed E-state index contributed by atoms with van der Waals surface area (Å²) in [6.07, 6.45) is 4.01. The van der Waals surface area contributed by atoms with Crippen LogP contribution in [0.1, 0.15) is 5.56 Å². The van der Waals surface area contributed by atoms with Gasteiger partial charge in [-0.1, -0.05) is 12.1 Å². The number of rotatable bonds is 6. The molecule has 2 aromatic heterocycles. The van der Waals surface area contributed by atoms with Gasteiger partial charge in [0.15, 0.2) is 0 Å². The van der Waals surface area contributed by atoms with E-state index in [9.17, 15) is 0 Å². The Kier molecular flexibility index (Phi) is 5.50. The number of aromatic nitrogens is 3. The van der Waals surface area contributed by atoms with Gasteiger partial charge in [-0.15, -0.1) is 0 Å². The van der Waals surface area contributed by atoms with Gasteiger partial charge in [-0.3, -0.25) is 4.90 Å². The van der Waals surface area contributed by atoms with Crippen LogP contribution in [0.3, 0.4) is 0 Å². The van der Waals surface area contributed by atoms with Crippen LogP contribution in [0.4, 0.5) is 0 Å². The first-order valence-electron chi connectivity index (χ1n) is 9.90. The lowest BCUT2D eigenvalue weighted by molar-refractivity contribution is 0.150. The van der Waals surface area contributed by atoms with Crippen molar-refractivity contribution in [2.24, 2.45) is 0 Å². The molecule has 4 rings (SSSR count). The first-order valence-corrected chi connectivity index (χ1v) is 9.90. The second-order valence-corrected chi connectivity index (χ2v) is 7.60. The quantitative estimate of drug-likeness (QED) is 0.715. The zero-order valence-corrected chi connectivity index (χ0v) is 17.0. The fourth-order valence-corrected chi connectivity index (χ4v) is 3.78. The number of aryl methyl sites for hydroxylation is 1. The van der Waals surface area contributed by atoms with E-state index in [1.54, 1.807) is 7.11 Å². The Morgan fingerprint density at radius 1 is 1.11 bits per heavy atom. The summed E-state index contributed by atoms with van der Waals surface area (Å²) >= 11 is 0. The molecule has 0 spiro atoms. The van der Waals surface area contributed by atoms with Crippen LogP contribution in [0.15, 0.2) is 42.9 Å². The molecule has 0 atom stereocenters. The number of imidazole rings is 1. The van der Waals surface area contributed by atoms with Crippen molar-refractivity contribution in [2.75, 3.05) is 46.9 Å². The van der Waals surface area contributed by atoms with Crippen molar-refractivity contribution in [3.8, 4) is 28.4 Å². The van der Waals surface area contributed by atoms with Crippen molar-refractivity contribution in [2.45, 2.75) is 13.5 Å². The fourth-order valence-electron chi connectivity index (χ4n) is 3.78. The molecule has 148 valence electrons. The molecule has 3 aromatic rings. The Morgan fingerprint density at radius 3 is 2.64 bits per heavy atom. The van der Waals surface area contributed by atoms with Gasteiger partial charge in [0.1, 0.15) is 5.75 Å². The number of H-pyrrole nitrogens is 1. The molecule has 1 aliphatic heterocycles. The smallest absolute Gasteiger partial charge is 0.119 e. The number of likely N-dealkylation sites (N-methyl/N-ethyl adjacent to an activating group) is 1. The number of piperazine rings is 1. The molecule has 1 saturated heterocycles. The average Bonchev–Trinajstić information content (AvgIpc) is 3.33. The molecule has 0 unspecified atom stereocenters. The summed E-state index contributed by atoms with van der Waals surface area (Å²) in [6, 6.07) is 10.3. The molecule has 3 heterocycles. The Hall–Kier alpha value is -2.57. The van der Waals surface area contributed by atoms with Crippen LogP contribution in [0.2, 0.25) is 0 Å². The molecule has 1 aromatic carbocycles. The highest BCUT2D eigenvalue weighted by atomic mass is 16.5. The first kappa shape index (κ1) is 18.8. The van der Waals surface area contributed by atoms with E-state index in [4.69, 9.17) is 9.72 Å². The van der Waals surface area contributed by atoms with Crippen LogP contribution in [0.25, 0.3) is 22.6 Å². The predicted molar refractivity (Wildman–Crippen MR) is 113 cm³/mol. The van der Waals surface area contributed by atoms with E-state index < -0.39 is 0 Å². The number of ether oxygens (including phenoxy) is 1. The molecule has 0 saturated carbocycles. The van der Waals surface area contributed by atoms with Crippen LogP contribution < -0.4 is 4.74 Å². The van der Waals surface area contributed by atoms with Crippen molar-refractivity contribution in [1.29, 1.82) is 0 Å². The standard InChI is InChI=1S/C22H29N5O/c1-17-13-20(23-15-17)22-21(18-5-4-6-19(14-18)28-3)24-16-27(22)12-11-26-9-7-25(2)8-10-26/h4-6,13-16,23H,7-12H2,1-3H3. The van der Waals surface area contributed by atoms with E-state index in [1.807, 2.05) is 30.7 Å². The molecule has 6 nitrogen and oxygen atoms in total. The second-order valence-electron chi connectivity index (χ2n) is 7.60. The van der Waals surface area contributed by atoms with Crippen molar-refractivity contribution in [1.82, 2.24) is 24.3 Å². The lowest BCUT2D eigenvalue weighted by Gasteiger charge is -2.32. The monoisotopic (exact) mass is 379 g/mol. The topological polar surface area (TPSA) is 49.3 Å². The van der Waals surface area contributed by atoms with Gasteiger partial charge in [0.2, 0.25) is 0 Å². The number of nitrogens with one attached hydrogen (secondary N) is 1. The summed E-state index contributed by atoms with van der Waals surface area (Å²) < 4.78 is 7.69. The largest absolute Gasteiger partial charge is 0.497 e. The molecule has 1 fully saturated rings. The number of methoxy groups -OCH3 is 1. The van der Waals surface area contributed by atoms with E-state index in [2.05, 4.69) is 45.5 Å². The maximum Gasteiger partial charge on any atom is 0.119 e. The molecule has 0 radical (unpaired) electrons. The molecule has 0 bridgehead atoms. The summed E-state index contributed by atoms with van der Waals surface area (Å²) in [5.41, 5.74) is 5.51. The third-order valence-electron chi connectivity index (χ3n) is 5.52. The van der Waals surface area contributed by atoms with E-state index in [-0.39, 0.29) is 0 Å². The second kappa shape index (κ2) is 8.20. The number of benzene rings is 1. The van der Waals surface area contributed by atoms with Gasteiger partial charge in [0.25, 0.3) is 0 Å². The third kappa shape index (κ3) is 3.98. The summed E-state index contributed by atoms with van der Waals surface area (Å²) in [4.78, 5) is 13.1. The Labute approximate surface area is 166 Å². The molecular weight excluding hydrogens is 350 g/mol. The number of hydrogen-bond acceptors (Lipinski definition) is 4. The summed E-state index contributed by atoms with van der Waals surface area (Å²) in [5.74, 6) is 0.845. The number of nitrogens with zero attached hydrogens (tertiary/aromatic N) is 4. The lowest BCUT2D eigenvalue weighted by Crippen LogP contribution is -2.45. The van der Waals surface area contributed by atoms with Gasteiger partial charge >= 0.3 is 0 Å². The normalized spacial score (nSPS) is 15.8. The van der Waals surface area contributed by atoms with Crippen molar-refractivity contribution in [3.05, 3.63) is 48.4 Å². The number of aromatic amines is 1. The van der Waals surface area contributed by atoms with Crippen LogP contribution in [0.5, 0.6) is 5.75 Å². The number of hydrogen-bond donors (Lipinski definition) is 1. The van der Waals surface area contributed by atoms with Crippen LogP contribution >= 0.6 is 0 Å². The van der Waals surface area contributed by atoms with Gasteiger partial charge in [0, 0.05) is 51.0 Å². The van der Waals surface area contributed by atoms with E-state index in [0.717, 1.165) is 67.7 Å². The molecule has 6 heteroatoms. The van der Waals surface area contributed by atoms with Crippen molar-refractivity contribution < 1.29 is 4.74 Å². The van der Waals surface area contributed by atoms with Crippen LogP contribution in [-0.4, -0.2) is 71.2 Å². The zero-order valence-electron chi connectivity index (χ0n) is 17.0. The third-order valence-corrected chi connectivity index (χ3v) is 5.52. The first-order chi connectivity index (χ1) is 13.6. The predicted octanol–water partition coefficient (Wildman–Crippen LogP) is 3.11. The van der Waals surface area contributed by atoms with E-state index in [0.29, 0.717) is 0 Å².